The van der Waals surface area contributed by atoms with Gasteiger partial charge in [0.25, 0.3) is 5.91 Å². The number of imide groups is 1. The second-order valence-corrected chi connectivity index (χ2v) is 4.82. The summed E-state index contributed by atoms with van der Waals surface area (Å²) >= 11 is 0. The number of nitrogens with zero attached hydrogens (tertiary/aromatic N) is 1. The molecule has 1 saturated heterocycles. The predicted octanol–water partition coefficient (Wildman–Crippen LogP) is 1.43. The van der Waals surface area contributed by atoms with E-state index in [0.29, 0.717) is 12.8 Å². The summed E-state index contributed by atoms with van der Waals surface area (Å²) in [7, 11) is 0. The summed E-state index contributed by atoms with van der Waals surface area (Å²) in [5, 5.41) is 2.23. The number of hydrogen-bond acceptors (Lipinski definition) is 3. The minimum atomic E-state index is -4.38. The Labute approximate surface area is 108 Å². The lowest BCUT2D eigenvalue weighted by atomic mass is 9.96. The fourth-order valence-electron chi connectivity index (χ4n) is 2.71. The molecule has 2 aliphatic rings. The molecule has 0 radical (unpaired) electrons. The van der Waals surface area contributed by atoms with Crippen LogP contribution in [0.15, 0.2) is 0 Å². The largest absolute Gasteiger partial charge is 0.411 e. The number of carbonyl (C=O) groups excluding carboxylic acids is 2. The minimum Gasteiger partial charge on any atom is -0.370 e. The van der Waals surface area contributed by atoms with Crippen molar-refractivity contribution in [3.8, 4) is 0 Å². The van der Waals surface area contributed by atoms with Crippen LogP contribution in [0.2, 0.25) is 0 Å². The summed E-state index contributed by atoms with van der Waals surface area (Å²) in [6.45, 7) is -1.58. The van der Waals surface area contributed by atoms with Crippen LogP contribution < -0.4 is 5.32 Å². The summed E-state index contributed by atoms with van der Waals surface area (Å²) < 4.78 is 40.2. The van der Waals surface area contributed by atoms with E-state index < -0.39 is 24.4 Å². The van der Waals surface area contributed by atoms with Crippen molar-refractivity contribution >= 4 is 11.9 Å². The average Bonchev–Trinajstić information content (AvgIpc) is 2.84. The number of rotatable bonds is 4. The molecule has 0 unspecified atom stereocenters. The van der Waals surface area contributed by atoms with Gasteiger partial charge in [0.05, 0.1) is 6.61 Å². The number of nitrogens with one attached hydrogen (secondary N) is 1. The van der Waals surface area contributed by atoms with Crippen molar-refractivity contribution in [3.63, 3.8) is 0 Å². The van der Waals surface area contributed by atoms with Gasteiger partial charge >= 0.3 is 12.2 Å². The Bertz CT molecular complexity index is 378. The van der Waals surface area contributed by atoms with E-state index in [4.69, 9.17) is 0 Å². The van der Waals surface area contributed by atoms with Crippen LogP contribution >= 0.6 is 0 Å². The van der Waals surface area contributed by atoms with Crippen LogP contribution in [0.5, 0.6) is 0 Å². The van der Waals surface area contributed by atoms with Gasteiger partial charge < -0.3 is 9.64 Å². The molecule has 1 aliphatic carbocycles. The van der Waals surface area contributed by atoms with Gasteiger partial charge in [-0.3, -0.25) is 10.1 Å². The average molecular weight is 280 g/mol. The Balaban J connectivity index is 1.91. The molecule has 0 aromatic carbocycles. The zero-order valence-electron chi connectivity index (χ0n) is 10.3. The van der Waals surface area contributed by atoms with Crippen molar-refractivity contribution in [2.24, 2.45) is 0 Å². The van der Waals surface area contributed by atoms with E-state index in [1.165, 1.54) is 4.90 Å². The molecule has 108 valence electrons. The van der Waals surface area contributed by atoms with Gasteiger partial charge in [-0.1, -0.05) is 12.8 Å². The molecule has 0 atom stereocenters. The highest BCUT2D eigenvalue weighted by molar-refractivity contribution is 6.07. The molecular formula is C11H15F3N2O3. The highest BCUT2D eigenvalue weighted by Gasteiger charge is 2.53. The van der Waals surface area contributed by atoms with E-state index in [0.717, 1.165) is 12.8 Å². The molecule has 1 saturated carbocycles. The van der Waals surface area contributed by atoms with E-state index in [1.54, 1.807) is 0 Å². The maximum atomic E-state index is 11.9. The Morgan fingerprint density at radius 1 is 1.26 bits per heavy atom. The van der Waals surface area contributed by atoms with E-state index in [2.05, 4.69) is 10.1 Å². The van der Waals surface area contributed by atoms with Crippen LogP contribution in [0.25, 0.3) is 0 Å². The van der Waals surface area contributed by atoms with Crippen molar-refractivity contribution in [3.05, 3.63) is 0 Å². The molecule has 2 rings (SSSR count). The zero-order valence-corrected chi connectivity index (χ0v) is 10.3. The van der Waals surface area contributed by atoms with E-state index in [1.807, 2.05) is 0 Å². The molecule has 5 nitrogen and oxygen atoms in total. The van der Waals surface area contributed by atoms with E-state index >= 15 is 0 Å². The van der Waals surface area contributed by atoms with Crippen LogP contribution in [0.3, 0.4) is 0 Å². The molecular weight excluding hydrogens is 265 g/mol. The van der Waals surface area contributed by atoms with Gasteiger partial charge in [-0.05, 0) is 12.8 Å². The topological polar surface area (TPSA) is 58.6 Å². The molecule has 1 aliphatic heterocycles. The molecule has 0 aromatic rings. The molecule has 8 heteroatoms. The fourth-order valence-corrected chi connectivity index (χ4v) is 2.71. The first-order valence-corrected chi connectivity index (χ1v) is 6.13. The number of halogens is 3. The predicted molar refractivity (Wildman–Crippen MR) is 58.3 cm³/mol. The van der Waals surface area contributed by atoms with Gasteiger partial charge in [-0.2, -0.15) is 13.2 Å². The quantitative estimate of drug-likeness (QED) is 0.626. The van der Waals surface area contributed by atoms with Gasteiger partial charge in [0.2, 0.25) is 0 Å². The lowest BCUT2D eigenvalue weighted by Crippen LogP contribution is -2.48. The summed E-state index contributed by atoms with van der Waals surface area (Å²) in [5.41, 5.74) is -0.862. The normalized spacial score (nSPS) is 22.4. The SMILES string of the molecule is O=C1NC(=O)C2(CCCC2)N1CCOCC(F)(F)F. The van der Waals surface area contributed by atoms with Crippen molar-refractivity contribution in [1.29, 1.82) is 0 Å². The van der Waals surface area contributed by atoms with Crippen molar-refractivity contribution in [1.82, 2.24) is 10.2 Å². The number of hydrogen-bond donors (Lipinski definition) is 1. The Morgan fingerprint density at radius 2 is 1.89 bits per heavy atom. The first-order valence-electron chi connectivity index (χ1n) is 6.13. The molecule has 19 heavy (non-hydrogen) atoms. The second-order valence-electron chi connectivity index (χ2n) is 4.82. The summed E-state index contributed by atoms with van der Waals surface area (Å²) in [5.74, 6) is -0.342. The molecule has 0 bridgehead atoms. The van der Waals surface area contributed by atoms with Crippen molar-refractivity contribution < 1.29 is 27.5 Å². The van der Waals surface area contributed by atoms with Crippen LogP contribution in [0.1, 0.15) is 25.7 Å². The number of ether oxygens (including phenoxy) is 1. The van der Waals surface area contributed by atoms with Gasteiger partial charge in [0.1, 0.15) is 12.1 Å². The first kappa shape index (κ1) is 14.1. The second kappa shape index (κ2) is 4.99. The van der Waals surface area contributed by atoms with Crippen LogP contribution in [0, 0.1) is 0 Å². The number of alkyl halides is 3. The summed E-state index contributed by atoms with van der Waals surface area (Å²) in [4.78, 5) is 24.8. The van der Waals surface area contributed by atoms with Gasteiger partial charge in [-0.15, -0.1) is 0 Å². The number of urea groups is 1. The Kier molecular flexibility index (Phi) is 3.71. The maximum Gasteiger partial charge on any atom is 0.411 e. The monoisotopic (exact) mass is 280 g/mol. The minimum absolute atomic E-state index is 0.00630. The Morgan fingerprint density at radius 3 is 2.47 bits per heavy atom. The summed E-state index contributed by atoms with van der Waals surface area (Å²) in [6.07, 6.45) is -1.59. The first-order chi connectivity index (χ1) is 8.85. The molecule has 1 spiro atoms. The van der Waals surface area contributed by atoms with Gasteiger partial charge in [0, 0.05) is 6.54 Å². The molecule has 3 amide bonds. The van der Waals surface area contributed by atoms with E-state index in [9.17, 15) is 22.8 Å². The third-order valence-corrected chi connectivity index (χ3v) is 3.56. The standard InChI is InChI=1S/C11H15F3N2O3/c12-11(13,14)7-19-6-5-16-9(18)15-8(17)10(16)3-1-2-4-10/h1-7H2,(H,15,17,18). The van der Waals surface area contributed by atoms with Crippen LogP contribution in [-0.4, -0.2) is 48.3 Å². The Hall–Kier alpha value is -1.31. The maximum absolute atomic E-state index is 11.9. The highest BCUT2D eigenvalue weighted by Crippen LogP contribution is 2.38. The molecule has 1 heterocycles. The fraction of sp³-hybridized carbons (Fsp3) is 0.818. The smallest absolute Gasteiger partial charge is 0.370 e. The van der Waals surface area contributed by atoms with Gasteiger partial charge in [-0.25, -0.2) is 4.79 Å². The van der Waals surface area contributed by atoms with Gasteiger partial charge in [0.15, 0.2) is 0 Å². The van der Waals surface area contributed by atoms with Crippen LogP contribution in [0.4, 0.5) is 18.0 Å². The molecule has 1 N–H and O–H groups in total. The third kappa shape index (κ3) is 2.83. The van der Waals surface area contributed by atoms with Crippen LogP contribution in [-0.2, 0) is 9.53 Å². The summed E-state index contributed by atoms with van der Waals surface area (Å²) in [6, 6.07) is -0.539. The third-order valence-electron chi connectivity index (χ3n) is 3.56. The highest BCUT2D eigenvalue weighted by atomic mass is 19.4. The number of amides is 3. The van der Waals surface area contributed by atoms with Crippen molar-refractivity contribution in [2.75, 3.05) is 19.8 Å². The lowest BCUT2D eigenvalue weighted by Gasteiger charge is -2.31. The van der Waals surface area contributed by atoms with Crippen molar-refractivity contribution in [2.45, 2.75) is 37.4 Å². The number of carbonyl (C=O) groups is 2. The molecule has 2 fully saturated rings. The molecule has 0 aromatic heterocycles. The van der Waals surface area contributed by atoms with E-state index in [-0.39, 0.29) is 19.1 Å². The lowest BCUT2D eigenvalue weighted by molar-refractivity contribution is -0.174. The zero-order chi connectivity index (χ0) is 14.1.